The van der Waals surface area contributed by atoms with E-state index in [1.54, 1.807) is 12.1 Å². The molecule has 1 aliphatic rings. The Balaban J connectivity index is 1.54. The van der Waals surface area contributed by atoms with Crippen LogP contribution in [0.2, 0.25) is 0 Å². The minimum absolute atomic E-state index is 0.0104. The van der Waals surface area contributed by atoms with E-state index in [1.165, 1.54) is 22.2 Å². The molecular formula is C24H24FNO2S. The second kappa shape index (κ2) is 9.33. The van der Waals surface area contributed by atoms with Gasteiger partial charge in [0.15, 0.2) is 0 Å². The van der Waals surface area contributed by atoms with Crippen LogP contribution in [0.5, 0.6) is 5.75 Å². The minimum atomic E-state index is -0.180. The summed E-state index contributed by atoms with van der Waals surface area (Å²) in [5.74, 6) is 0.585. The SMILES string of the molecule is OCCOc1ccc(CN2CC[C@H](c3cccc(F)c3)Sc3ccccc32)cc1. The fourth-order valence-electron chi connectivity index (χ4n) is 3.60. The summed E-state index contributed by atoms with van der Waals surface area (Å²) in [6.45, 7) is 2.01. The number of benzene rings is 3. The Bertz CT molecular complexity index is 948. The van der Waals surface area contributed by atoms with Crippen LogP contribution in [0.15, 0.2) is 77.7 Å². The summed E-state index contributed by atoms with van der Waals surface area (Å²) >= 11 is 1.81. The van der Waals surface area contributed by atoms with Crippen LogP contribution < -0.4 is 9.64 Å². The molecule has 3 nitrogen and oxygen atoms in total. The Morgan fingerprint density at radius 1 is 1.03 bits per heavy atom. The second-order valence-corrected chi connectivity index (χ2v) is 8.30. The van der Waals surface area contributed by atoms with E-state index in [1.807, 2.05) is 30.0 Å². The van der Waals surface area contributed by atoms with Crippen molar-refractivity contribution in [1.82, 2.24) is 0 Å². The van der Waals surface area contributed by atoms with Crippen molar-refractivity contribution >= 4 is 17.4 Å². The number of ether oxygens (including phenoxy) is 1. The number of thioether (sulfide) groups is 1. The smallest absolute Gasteiger partial charge is 0.123 e. The number of aliphatic hydroxyl groups is 1. The molecule has 3 aromatic rings. The number of nitrogens with zero attached hydrogens (tertiary/aromatic N) is 1. The van der Waals surface area contributed by atoms with Gasteiger partial charge >= 0.3 is 0 Å². The maximum Gasteiger partial charge on any atom is 0.123 e. The van der Waals surface area contributed by atoms with Crippen molar-refractivity contribution in [2.45, 2.75) is 23.1 Å². The van der Waals surface area contributed by atoms with Crippen molar-refractivity contribution in [3.05, 3.63) is 89.7 Å². The van der Waals surface area contributed by atoms with Gasteiger partial charge in [-0.2, -0.15) is 0 Å². The van der Waals surface area contributed by atoms with E-state index in [9.17, 15) is 4.39 Å². The predicted octanol–water partition coefficient (Wildman–Crippen LogP) is 5.44. The highest BCUT2D eigenvalue weighted by Gasteiger charge is 2.23. The average molecular weight is 410 g/mol. The summed E-state index contributed by atoms with van der Waals surface area (Å²) in [5, 5.41) is 9.11. The standard InChI is InChI=1S/C24H24FNO2S/c25-20-5-3-4-19(16-20)23-12-13-26(22-6-1-2-7-24(22)29-23)17-18-8-10-21(11-9-18)28-15-14-27/h1-11,16,23,27H,12-15,17H2/t23-/m1/s1. The van der Waals surface area contributed by atoms with Crippen LogP contribution in [0.25, 0.3) is 0 Å². The van der Waals surface area contributed by atoms with Gasteiger partial charge in [0.25, 0.3) is 0 Å². The van der Waals surface area contributed by atoms with Gasteiger partial charge in [-0.1, -0.05) is 36.4 Å². The van der Waals surface area contributed by atoms with E-state index >= 15 is 0 Å². The number of anilines is 1. The molecule has 0 saturated carbocycles. The number of hydrogen-bond donors (Lipinski definition) is 1. The lowest BCUT2D eigenvalue weighted by Crippen LogP contribution is -2.23. The summed E-state index contributed by atoms with van der Waals surface area (Å²) in [6, 6.07) is 23.4. The average Bonchev–Trinajstić information content (AvgIpc) is 2.93. The molecule has 4 rings (SSSR count). The molecule has 0 radical (unpaired) electrons. The van der Waals surface area contributed by atoms with Crippen LogP contribution in [-0.2, 0) is 6.54 Å². The van der Waals surface area contributed by atoms with Crippen molar-refractivity contribution in [2.75, 3.05) is 24.7 Å². The zero-order valence-electron chi connectivity index (χ0n) is 16.1. The van der Waals surface area contributed by atoms with Gasteiger partial charge in [-0.15, -0.1) is 11.8 Å². The van der Waals surface area contributed by atoms with Crippen LogP contribution in [0.3, 0.4) is 0 Å². The summed E-state index contributed by atoms with van der Waals surface area (Å²) in [4.78, 5) is 3.62. The molecular weight excluding hydrogens is 385 g/mol. The molecule has 0 fully saturated rings. The Morgan fingerprint density at radius 3 is 2.66 bits per heavy atom. The molecule has 0 bridgehead atoms. The topological polar surface area (TPSA) is 32.7 Å². The quantitative estimate of drug-likeness (QED) is 0.588. The molecule has 0 saturated heterocycles. The van der Waals surface area contributed by atoms with Gasteiger partial charge in [0.05, 0.1) is 12.3 Å². The lowest BCUT2D eigenvalue weighted by molar-refractivity contribution is 0.201. The molecule has 1 aliphatic heterocycles. The lowest BCUT2D eigenvalue weighted by Gasteiger charge is -2.25. The summed E-state index contributed by atoms with van der Waals surface area (Å²) in [6.07, 6.45) is 0.945. The third kappa shape index (κ3) is 4.92. The molecule has 0 amide bonds. The summed E-state index contributed by atoms with van der Waals surface area (Å²) < 4.78 is 19.2. The Labute approximate surface area is 175 Å². The first-order valence-electron chi connectivity index (χ1n) is 9.81. The highest BCUT2D eigenvalue weighted by Crippen LogP contribution is 2.45. The molecule has 0 spiro atoms. The van der Waals surface area contributed by atoms with Crippen LogP contribution >= 0.6 is 11.8 Å². The fraction of sp³-hybridized carbons (Fsp3) is 0.250. The number of hydrogen-bond acceptors (Lipinski definition) is 4. The highest BCUT2D eigenvalue weighted by atomic mass is 32.2. The second-order valence-electron chi connectivity index (χ2n) is 7.06. The number of fused-ring (bicyclic) bond motifs is 1. The van der Waals surface area contributed by atoms with Crippen molar-refractivity contribution in [3.8, 4) is 5.75 Å². The number of halogens is 1. The Hall–Kier alpha value is -2.50. The molecule has 1 heterocycles. The van der Waals surface area contributed by atoms with Crippen molar-refractivity contribution in [3.63, 3.8) is 0 Å². The fourth-order valence-corrected chi connectivity index (χ4v) is 4.89. The zero-order chi connectivity index (χ0) is 20.1. The normalized spacial score (nSPS) is 16.2. The third-order valence-corrected chi connectivity index (χ3v) is 6.41. The molecule has 5 heteroatoms. The van der Waals surface area contributed by atoms with Gasteiger partial charge in [0.1, 0.15) is 18.2 Å². The van der Waals surface area contributed by atoms with Crippen molar-refractivity contribution in [1.29, 1.82) is 0 Å². The zero-order valence-corrected chi connectivity index (χ0v) is 16.9. The molecule has 0 aliphatic carbocycles. The first-order chi connectivity index (χ1) is 14.2. The van der Waals surface area contributed by atoms with Crippen LogP contribution in [-0.4, -0.2) is 24.9 Å². The number of para-hydroxylation sites is 1. The molecule has 0 aromatic heterocycles. The lowest BCUT2D eigenvalue weighted by atomic mass is 10.1. The summed E-state index contributed by atoms with van der Waals surface area (Å²) in [5.41, 5.74) is 3.46. The highest BCUT2D eigenvalue weighted by molar-refractivity contribution is 7.99. The van der Waals surface area contributed by atoms with Gasteiger partial charge < -0.3 is 14.7 Å². The Morgan fingerprint density at radius 2 is 1.86 bits per heavy atom. The molecule has 1 N–H and O–H groups in total. The maximum atomic E-state index is 13.8. The van der Waals surface area contributed by atoms with E-state index < -0.39 is 0 Å². The number of rotatable bonds is 6. The van der Waals surface area contributed by atoms with Gasteiger partial charge in [-0.3, -0.25) is 0 Å². The van der Waals surface area contributed by atoms with Gasteiger partial charge in [0, 0.05) is 23.2 Å². The van der Waals surface area contributed by atoms with Gasteiger partial charge in [-0.25, -0.2) is 4.39 Å². The largest absolute Gasteiger partial charge is 0.491 e. The van der Waals surface area contributed by atoms with Gasteiger partial charge in [0.2, 0.25) is 0 Å². The first-order valence-corrected chi connectivity index (χ1v) is 10.7. The summed E-state index contributed by atoms with van der Waals surface area (Å²) in [7, 11) is 0. The van der Waals surface area contributed by atoms with E-state index in [2.05, 4.69) is 41.3 Å². The maximum absolute atomic E-state index is 13.8. The Kier molecular flexibility index (Phi) is 6.37. The molecule has 3 aromatic carbocycles. The van der Waals surface area contributed by atoms with E-state index in [-0.39, 0.29) is 17.7 Å². The molecule has 1 atom stereocenters. The van der Waals surface area contributed by atoms with Crippen molar-refractivity contribution in [2.24, 2.45) is 0 Å². The van der Waals surface area contributed by atoms with Crippen LogP contribution in [0.4, 0.5) is 10.1 Å². The first kappa shape index (κ1) is 19.8. The predicted molar refractivity (Wildman–Crippen MR) is 116 cm³/mol. The van der Waals surface area contributed by atoms with Gasteiger partial charge in [-0.05, 0) is 53.9 Å². The van der Waals surface area contributed by atoms with Crippen LogP contribution in [0.1, 0.15) is 22.8 Å². The molecule has 0 unspecified atom stereocenters. The van der Waals surface area contributed by atoms with E-state index in [0.29, 0.717) is 6.61 Å². The molecule has 150 valence electrons. The number of aliphatic hydroxyl groups excluding tert-OH is 1. The molecule has 29 heavy (non-hydrogen) atoms. The van der Waals surface area contributed by atoms with Crippen molar-refractivity contribution < 1.29 is 14.2 Å². The minimum Gasteiger partial charge on any atom is -0.491 e. The van der Waals surface area contributed by atoms with Crippen LogP contribution in [0, 0.1) is 5.82 Å². The third-order valence-electron chi connectivity index (χ3n) is 5.01. The van der Waals surface area contributed by atoms with E-state index in [0.717, 1.165) is 30.8 Å². The van der Waals surface area contributed by atoms with E-state index in [4.69, 9.17) is 9.84 Å². The monoisotopic (exact) mass is 409 g/mol.